The molecule has 3 aromatic rings. The highest BCUT2D eigenvalue weighted by Gasteiger charge is 2.40. The van der Waals surface area contributed by atoms with Crippen LogP contribution in [0.2, 0.25) is 0 Å². The highest BCUT2D eigenvalue weighted by atomic mass is 79.9. The number of imide groups is 1. The van der Waals surface area contributed by atoms with Gasteiger partial charge in [-0.15, -0.1) is 11.3 Å². The number of benzene rings is 2. The Morgan fingerprint density at radius 2 is 1.68 bits per heavy atom. The van der Waals surface area contributed by atoms with Gasteiger partial charge in [0.25, 0.3) is 11.8 Å². The van der Waals surface area contributed by atoms with Crippen LogP contribution >= 0.6 is 27.3 Å². The fourth-order valence-electron chi connectivity index (χ4n) is 2.97. The Bertz CT molecular complexity index is 1060. The van der Waals surface area contributed by atoms with Crippen molar-refractivity contribution in [1.29, 1.82) is 0 Å². The Labute approximate surface area is 173 Å². The normalized spacial score (nSPS) is 14.1. The van der Waals surface area contributed by atoms with E-state index >= 15 is 0 Å². The number of hydrogen-bond acceptors (Lipinski definition) is 5. The molecular weight excluding hydrogens is 442 g/mol. The van der Waals surface area contributed by atoms with E-state index in [9.17, 15) is 14.4 Å². The number of nitrogens with one attached hydrogen (secondary N) is 1. The third-order valence-electron chi connectivity index (χ3n) is 4.47. The topological polar surface area (TPSA) is 79.4 Å². The second kappa shape index (κ2) is 7.29. The van der Waals surface area contributed by atoms with E-state index in [1.54, 1.807) is 24.3 Å². The van der Waals surface area contributed by atoms with Crippen molar-refractivity contribution in [2.45, 2.75) is 13.0 Å². The maximum Gasteiger partial charge on any atom is 0.262 e. The summed E-state index contributed by atoms with van der Waals surface area (Å²) in [6.07, 6.45) is 0. The molecule has 1 atom stereocenters. The van der Waals surface area contributed by atoms with E-state index in [-0.39, 0.29) is 0 Å². The van der Waals surface area contributed by atoms with Crippen molar-refractivity contribution in [2.24, 2.45) is 0 Å². The van der Waals surface area contributed by atoms with Crippen LogP contribution in [0.1, 0.15) is 27.6 Å². The van der Waals surface area contributed by atoms with Crippen molar-refractivity contribution < 1.29 is 14.4 Å². The molecule has 2 heterocycles. The zero-order chi connectivity index (χ0) is 19.8. The Morgan fingerprint density at radius 1 is 1.07 bits per heavy atom. The van der Waals surface area contributed by atoms with Crippen molar-refractivity contribution >= 4 is 50.1 Å². The SMILES string of the molecule is C[C@H](C(=O)Nc1nc(-c2ccc(Br)cc2)cs1)N1C(=O)c2ccccc2C1=O. The third kappa shape index (κ3) is 3.25. The van der Waals surface area contributed by atoms with Gasteiger partial charge in [-0.1, -0.05) is 40.2 Å². The van der Waals surface area contributed by atoms with Crippen molar-refractivity contribution in [3.8, 4) is 11.3 Å². The second-order valence-electron chi connectivity index (χ2n) is 6.24. The monoisotopic (exact) mass is 455 g/mol. The minimum atomic E-state index is -0.951. The lowest BCUT2D eigenvalue weighted by Gasteiger charge is -2.21. The summed E-state index contributed by atoms with van der Waals surface area (Å²) in [6.45, 7) is 1.53. The van der Waals surface area contributed by atoms with Crippen LogP contribution in [0.25, 0.3) is 11.3 Å². The highest BCUT2D eigenvalue weighted by Crippen LogP contribution is 2.28. The summed E-state index contributed by atoms with van der Waals surface area (Å²) >= 11 is 4.67. The summed E-state index contributed by atoms with van der Waals surface area (Å²) in [7, 11) is 0. The van der Waals surface area contributed by atoms with Gasteiger partial charge in [0.15, 0.2) is 5.13 Å². The molecule has 1 N–H and O–H groups in total. The quantitative estimate of drug-likeness (QED) is 0.597. The number of aromatic nitrogens is 1. The number of carbonyl (C=O) groups is 3. The van der Waals surface area contributed by atoms with Crippen LogP contribution in [0.3, 0.4) is 0 Å². The smallest absolute Gasteiger partial charge is 0.262 e. The molecule has 1 aliphatic rings. The van der Waals surface area contributed by atoms with Gasteiger partial charge in [0.1, 0.15) is 6.04 Å². The molecule has 0 aliphatic carbocycles. The van der Waals surface area contributed by atoms with Gasteiger partial charge in [-0.25, -0.2) is 4.98 Å². The van der Waals surface area contributed by atoms with Crippen LogP contribution in [0.15, 0.2) is 58.4 Å². The van der Waals surface area contributed by atoms with Gasteiger partial charge < -0.3 is 5.32 Å². The van der Waals surface area contributed by atoms with E-state index in [0.29, 0.717) is 16.3 Å². The molecule has 0 unspecified atom stereocenters. The number of halogens is 1. The molecule has 0 radical (unpaired) electrons. The summed E-state index contributed by atoms with van der Waals surface area (Å²) in [5.41, 5.74) is 2.30. The number of thiazole rings is 1. The molecule has 8 heteroatoms. The van der Waals surface area contributed by atoms with Crippen LogP contribution in [-0.4, -0.2) is 33.6 Å². The third-order valence-corrected chi connectivity index (χ3v) is 5.75. The predicted octanol–water partition coefficient (Wildman–Crippen LogP) is 4.20. The van der Waals surface area contributed by atoms with Crippen LogP contribution < -0.4 is 5.32 Å². The van der Waals surface area contributed by atoms with Crippen LogP contribution in [0.4, 0.5) is 5.13 Å². The van der Waals surface area contributed by atoms with E-state index in [4.69, 9.17) is 0 Å². The first-order chi connectivity index (χ1) is 13.5. The Morgan fingerprint density at radius 3 is 2.29 bits per heavy atom. The van der Waals surface area contributed by atoms with Crippen LogP contribution in [0.5, 0.6) is 0 Å². The standard InChI is InChI=1S/C20H14BrN3O3S/c1-11(24-18(26)14-4-2-3-5-15(14)19(24)27)17(25)23-20-22-16(10-28-20)12-6-8-13(21)9-7-12/h2-11H,1H3,(H,22,23,25)/t11-/m1/s1. The van der Waals surface area contributed by atoms with Gasteiger partial charge in [0.05, 0.1) is 16.8 Å². The lowest BCUT2D eigenvalue weighted by atomic mass is 10.1. The molecule has 2 aromatic carbocycles. The lowest BCUT2D eigenvalue weighted by Crippen LogP contribution is -2.45. The number of fused-ring (bicyclic) bond motifs is 1. The summed E-state index contributed by atoms with van der Waals surface area (Å²) in [5.74, 6) is -1.39. The van der Waals surface area contributed by atoms with E-state index in [0.717, 1.165) is 20.6 Å². The van der Waals surface area contributed by atoms with Crippen molar-refractivity contribution in [3.05, 3.63) is 69.5 Å². The van der Waals surface area contributed by atoms with Gasteiger partial charge in [-0.3, -0.25) is 19.3 Å². The Balaban J connectivity index is 1.49. The largest absolute Gasteiger partial charge is 0.300 e. The van der Waals surface area contributed by atoms with Gasteiger partial charge in [-0.05, 0) is 31.2 Å². The summed E-state index contributed by atoms with van der Waals surface area (Å²) in [5, 5.41) is 4.95. The average Bonchev–Trinajstić information content (AvgIpc) is 3.25. The van der Waals surface area contributed by atoms with E-state index in [1.165, 1.54) is 18.3 Å². The molecule has 0 saturated heterocycles. The molecule has 4 rings (SSSR count). The average molecular weight is 456 g/mol. The molecule has 28 heavy (non-hydrogen) atoms. The molecule has 0 spiro atoms. The van der Waals surface area contributed by atoms with Crippen molar-refractivity contribution in [1.82, 2.24) is 9.88 Å². The fourth-order valence-corrected chi connectivity index (χ4v) is 3.96. The Hall–Kier alpha value is -2.84. The molecule has 3 amide bonds. The number of rotatable bonds is 4. The molecular formula is C20H14BrN3O3S. The summed E-state index contributed by atoms with van der Waals surface area (Å²) in [4.78, 5) is 43.1. The van der Waals surface area contributed by atoms with Gasteiger partial charge in [0.2, 0.25) is 5.91 Å². The number of nitrogens with zero attached hydrogens (tertiary/aromatic N) is 2. The van der Waals surface area contributed by atoms with Crippen LogP contribution in [-0.2, 0) is 4.79 Å². The molecule has 1 aromatic heterocycles. The van der Waals surface area contributed by atoms with Crippen molar-refractivity contribution in [3.63, 3.8) is 0 Å². The van der Waals surface area contributed by atoms with Gasteiger partial charge in [-0.2, -0.15) is 0 Å². The van der Waals surface area contributed by atoms with E-state index in [1.807, 2.05) is 29.6 Å². The van der Waals surface area contributed by atoms with E-state index in [2.05, 4.69) is 26.2 Å². The van der Waals surface area contributed by atoms with Crippen molar-refractivity contribution in [2.75, 3.05) is 5.32 Å². The summed E-state index contributed by atoms with van der Waals surface area (Å²) < 4.78 is 0.967. The lowest BCUT2D eigenvalue weighted by molar-refractivity contribution is -0.119. The van der Waals surface area contributed by atoms with Crippen LogP contribution in [0, 0.1) is 0 Å². The predicted molar refractivity (Wildman–Crippen MR) is 110 cm³/mol. The Kier molecular flexibility index (Phi) is 4.82. The first-order valence-corrected chi connectivity index (χ1v) is 10.1. The first kappa shape index (κ1) is 18.5. The maximum absolute atomic E-state index is 12.6. The van der Waals surface area contributed by atoms with Gasteiger partial charge >= 0.3 is 0 Å². The number of hydrogen-bond donors (Lipinski definition) is 1. The molecule has 1 aliphatic heterocycles. The number of anilines is 1. The molecule has 0 bridgehead atoms. The zero-order valence-corrected chi connectivity index (χ0v) is 17.1. The molecule has 0 saturated carbocycles. The zero-order valence-electron chi connectivity index (χ0n) is 14.7. The maximum atomic E-state index is 12.6. The second-order valence-corrected chi connectivity index (χ2v) is 8.01. The minimum Gasteiger partial charge on any atom is -0.300 e. The fraction of sp³-hybridized carbons (Fsp3) is 0.100. The number of carbonyl (C=O) groups excluding carboxylic acids is 3. The van der Waals surface area contributed by atoms with E-state index < -0.39 is 23.8 Å². The number of amides is 3. The molecule has 140 valence electrons. The summed E-state index contributed by atoms with van der Waals surface area (Å²) in [6, 6.07) is 13.3. The highest BCUT2D eigenvalue weighted by molar-refractivity contribution is 9.10. The minimum absolute atomic E-state index is 0.318. The first-order valence-electron chi connectivity index (χ1n) is 8.45. The molecule has 6 nitrogen and oxygen atoms in total. The van der Waals surface area contributed by atoms with Gasteiger partial charge in [0, 0.05) is 15.4 Å². The molecule has 0 fully saturated rings.